The normalized spacial score (nSPS) is 15.5. The number of phenolic OH excluding ortho intramolecular Hbond substituents is 1. The number of hydrogen-bond acceptors (Lipinski definition) is 19. The summed E-state index contributed by atoms with van der Waals surface area (Å²) in [4.78, 5) is 173. The highest BCUT2D eigenvalue weighted by atomic mass is 32.2. The zero-order valence-corrected chi connectivity index (χ0v) is 51.4. The highest BCUT2D eigenvalue weighted by Crippen LogP contribution is 2.15. The minimum Gasteiger partial charge on any atom is -0.508 e. The standard InChI is InChI=1S/C57H86N12O19S/c1-8-29(4)45(68-48(78)35(58)25-44(75)76)55(85)67-42(27-71)54(84)69-46(31(6)72)56(86)60-30(5)47(77)63-38(24-33-14-16-34(73)17-15-33)52(82)64-39(23-32-12-10-9-11-13-32)51(81)61-36(18-19-43(59)74)49(79)62-37(20-21-89-7)50(80)66-41(26-70)53(83)65-40(57(87)88)22-28(2)3/h9-17,28-31,35-42,45-46,70-73H,8,18-27,58H2,1-7H3,(H2,59,74)(H,60,86)(H,61,81)(H,62,79)(H,63,77)(H,64,82)(H,65,83)(H,66,80)(H,67,85)(H,68,78)(H,69,84)(H,75,76)(H,87,88)/t29-,30-,31+,35-,36-,37-,38-,39-,40-,41-,42-,45-,46-/m0/s1. The number of carboxylic acid groups (broad SMARTS) is 2. The van der Waals surface area contributed by atoms with Crippen LogP contribution >= 0.6 is 11.8 Å². The van der Waals surface area contributed by atoms with Gasteiger partial charge in [-0.3, -0.25) is 57.5 Å². The van der Waals surface area contributed by atoms with Gasteiger partial charge in [0.05, 0.1) is 31.8 Å². The molecular weight excluding hydrogens is 1190 g/mol. The van der Waals surface area contributed by atoms with Gasteiger partial charge in [0.25, 0.3) is 0 Å². The molecule has 13 atom stereocenters. The van der Waals surface area contributed by atoms with E-state index in [0.29, 0.717) is 17.5 Å². The fourth-order valence-electron chi connectivity index (χ4n) is 8.47. The predicted molar refractivity (Wildman–Crippen MR) is 321 cm³/mol. The lowest BCUT2D eigenvalue weighted by Crippen LogP contribution is -2.62. The number of aliphatic hydroxyl groups excluding tert-OH is 3. The molecule has 89 heavy (non-hydrogen) atoms. The summed E-state index contributed by atoms with van der Waals surface area (Å²) in [6.07, 6.45) is -2.03. The third kappa shape index (κ3) is 27.2. The van der Waals surface area contributed by atoms with Crippen molar-refractivity contribution in [3.05, 3.63) is 65.7 Å². The molecule has 0 saturated heterocycles. The number of carboxylic acids is 2. The second-order valence-electron chi connectivity index (χ2n) is 21.6. The number of hydrogen-bond donors (Lipinski definition) is 18. The number of aromatic hydroxyl groups is 1. The molecule has 0 radical (unpaired) electrons. The first kappa shape index (κ1) is 76.6. The van der Waals surface area contributed by atoms with Crippen molar-refractivity contribution in [3.63, 3.8) is 0 Å². The number of nitrogens with one attached hydrogen (secondary N) is 10. The zero-order valence-electron chi connectivity index (χ0n) is 50.6. The van der Waals surface area contributed by atoms with Gasteiger partial charge in [0.1, 0.15) is 66.2 Å². The molecule has 0 aliphatic heterocycles. The fourth-order valence-corrected chi connectivity index (χ4v) is 8.94. The number of rotatable bonds is 40. The van der Waals surface area contributed by atoms with E-state index in [1.54, 1.807) is 64.3 Å². The van der Waals surface area contributed by atoms with E-state index in [0.717, 1.165) is 6.92 Å². The third-order valence-electron chi connectivity index (χ3n) is 13.8. The zero-order chi connectivity index (χ0) is 67.2. The number of amides is 11. The van der Waals surface area contributed by atoms with E-state index in [2.05, 4.69) is 53.2 Å². The van der Waals surface area contributed by atoms with Crippen molar-refractivity contribution in [2.45, 2.75) is 165 Å². The van der Waals surface area contributed by atoms with Crippen LogP contribution in [0.2, 0.25) is 0 Å². The Morgan fingerprint density at radius 3 is 1.42 bits per heavy atom. The molecule has 494 valence electrons. The maximum Gasteiger partial charge on any atom is 0.326 e. The molecule has 0 heterocycles. The van der Waals surface area contributed by atoms with Crippen LogP contribution in [-0.4, -0.2) is 205 Å². The summed E-state index contributed by atoms with van der Waals surface area (Å²) in [6, 6.07) is -3.85. The number of phenols is 1. The molecule has 0 aromatic heterocycles. The van der Waals surface area contributed by atoms with Crippen LogP contribution in [-0.2, 0) is 75.2 Å². The molecule has 0 unspecified atom stereocenters. The summed E-state index contributed by atoms with van der Waals surface area (Å²) < 4.78 is 0. The first-order valence-corrected chi connectivity index (χ1v) is 30.0. The van der Waals surface area contributed by atoms with Gasteiger partial charge in [-0.2, -0.15) is 11.8 Å². The van der Waals surface area contributed by atoms with Crippen molar-refractivity contribution in [1.82, 2.24) is 53.2 Å². The molecule has 0 bridgehead atoms. The van der Waals surface area contributed by atoms with Crippen molar-refractivity contribution in [1.29, 1.82) is 0 Å². The van der Waals surface area contributed by atoms with Crippen LogP contribution in [0.4, 0.5) is 0 Å². The molecule has 0 aliphatic carbocycles. The smallest absolute Gasteiger partial charge is 0.326 e. The Balaban J connectivity index is 2.47. The minimum absolute atomic E-state index is 0.0255. The van der Waals surface area contributed by atoms with Crippen molar-refractivity contribution in [2.24, 2.45) is 23.3 Å². The van der Waals surface area contributed by atoms with E-state index in [-0.39, 0.29) is 43.1 Å². The van der Waals surface area contributed by atoms with E-state index in [1.165, 1.54) is 43.0 Å². The molecule has 2 aromatic carbocycles. The van der Waals surface area contributed by atoms with Gasteiger partial charge in [-0.15, -0.1) is 0 Å². The lowest BCUT2D eigenvalue weighted by Gasteiger charge is -2.28. The molecule has 2 rings (SSSR count). The number of thioether (sulfide) groups is 1. The Morgan fingerprint density at radius 1 is 0.517 bits per heavy atom. The van der Waals surface area contributed by atoms with Crippen LogP contribution in [0.3, 0.4) is 0 Å². The maximum absolute atomic E-state index is 14.6. The van der Waals surface area contributed by atoms with E-state index < -0.39 is 188 Å². The van der Waals surface area contributed by atoms with Gasteiger partial charge < -0.3 is 95.3 Å². The van der Waals surface area contributed by atoms with Gasteiger partial charge in [0.2, 0.25) is 65.0 Å². The molecule has 2 aromatic rings. The van der Waals surface area contributed by atoms with E-state index in [1.807, 2.05) is 0 Å². The Hall–Kier alpha value is -8.46. The summed E-state index contributed by atoms with van der Waals surface area (Å²) in [6.45, 7) is 6.92. The predicted octanol–water partition coefficient (Wildman–Crippen LogP) is -4.59. The molecule has 31 nitrogen and oxygen atoms in total. The van der Waals surface area contributed by atoms with Gasteiger partial charge in [-0.25, -0.2) is 4.79 Å². The lowest BCUT2D eigenvalue weighted by atomic mass is 9.97. The van der Waals surface area contributed by atoms with Crippen LogP contribution in [0.1, 0.15) is 91.2 Å². The summed E-state index contributed by atoms with van der Waals surface area (Å²) >= 11 is 1.27. The van der Waals surface area contributed by atoms with Crippen LogP contribution < -0.4 is 64.6 Å². The Labute approximate surface area is 518 Å². The fraction of sp³-hybridized carbons (Fsp3) is 0.561. The van der Waals surface area contributed by atoms with Crippen molar-refractivity contribution in [2.75, 3.05) is 25.2 Å². The minimum atomic E-state index is -1.87. The number of aliphatic hydroxyl groups is 3. The summed E-state index contributed by atoms with van der Waals surface area (Å²) in [5.41, 5.74) is 12.0. The number of benzene rings is 2. The van der Waals surface area contributed by atoms with Crippen LogP contribution in [0.15, 0.2) is 54.6 Å². The quantitative estimate of drug-likeness (QED) is 0.0299. The molecule has 32 heteroatoms. The van der Waals surface area contributed by atoms with Gasteiger partial charge in [0.15, 0.2) is 0 Å². The van der Waals surface area contributed by atoms with Crippen molar-refractivity contribution < 1.29 is 93.0 Å². The molecule has 0 saturated carbocycles. The average molecular weight is 1280 g/mol. The van der Waals surface area contributed by atoms with Gasteiger partial charge in [-0.1, -0.05) is 76.6 Å². The first-order valence-electron chi connectivity index (χ1n) is 28.6. The van der Waals surface area contributed by atoms with Crippen molar-refractivity contribution in [3.8, 4) is 5.75 Å². The van der Waals surface area contributed by atoms with E-state index in [4.69, 9.17) is 16.6 Å². The number of carbonyl (C=O) groups excluding carboxylic acids is 11. The van der Waals surface area contributed by atoms with Crippen LogP contribution in [0, 0.1) is 11.8 Å². The SMILES string of the molecule is CC[C@H](C)[C@H](NC(=O)[C@@H](N)CC(=O)O)C(=O)N[C@@H](CO)C(=O)N[C@H](C(=O)N[C@@H](C)C(=O)N[C@@H](Cc1ccc(O)cc1)C(=O)N[C@@H](Cc1ccccc1)C(=O)N[C@@H](CCC(N)=O)C(=O)N[C@@H](CCSC)C(=O)N[C@@H](CO)C(=O)N[C@@H](CC(C)C)C(=O)O)[C@@H](C)O. The largest absolute Gasteiger partial charge is 0.508 e. The van der Waals surface area contributed by atoms with Gasteiger partial charge in [0, 0.05) is 19.3 Å². The molecule has 20 N–H and O–H groups in total. The monoisotopic (exact) mass is 1270 g/mol. The summed E-state index contributed by atoms with van der Waals surface area (Å²) in [5, 5.41) is 83.5. The second-order valence-corrected chi connectivity index (χ2v) is 22.6. The highest BCUT2D eigenvalue weighted by molar-refractivity contribution is 7.98. The highest BCUT2D eigenvalue weighted by Gasteiger charge is 2.37. The van der Waals surface area contributed by atoms with Crippen molar-refractivity contribution >= 4 is 88.7 Å². The van der Waals surface area contributed by atoms with Crippen LogP contribution in [0.25, 0.3) is 0 Å². The lowest BCUT2D eigenvalue weighted by molar-refractivity contribution is -0.143. The number of carbonyl (C=O) groups is 13. The van der Waals surface area contributed by atoms with E-state index >= 15 is 0 Å². The molecule has 11 amide bonds. The summed E-state index contributed by atoms with van der Waals surface area (Å²) in [5.74, 6) is -14.8. The molecule has 0 aliphatic rings. The number of aliphatic carboxylic acids is 2. The van der Waals surface area contributed by atoms with Gasteiger partial charge >= 0.3 is 11.9 Å². The van der Waals surface area contributed by atoms with E-state index in [9.17, 15) is 87.9 Å². The van der Waals surface area contributed by atoms with Gasteiger partial charge in [-0.05, 0) is 80.2 Å². The first-order chi connectivity index (χ1) is 41.8. The third-order valence-corrected chi connectivity index (χ3v) is 14.4. The molecule has 0 fully saturated rings. The average Bonchev–Trinajstić information content (AvgIpc) is 3.57. The summed E-state index contributed by atoms with van der Waals surface area (Å²) in [7, 11) is 0. The Bertz CT molecular complexity index is 2740. The Kier molecular flexibility index (Phi) is 33.4. The Morgan fingerprint density at radius 2 is 0.944 bits per heavy atom. The maximum atomic E-state index is 14.6. The second kappa shape index (κ2) is 38.7. The number of primary amides is 1. The topological polar surface area (TPSA) is 516 Å². The van der Waals surface area contributed by atoms with Crippen LogP contribution in [0.5, 0.6) is 5.75 Å². The number of nitrogens with two attached hydrogens (primary N) is 2. The molecular formula is C57H86N12O19S. The molecule has 0 spiro atoms.